The fraction of sp³-hybridized carbons (Fsp3) is 0.588. The largest absolute Gasteiger partial charge is 0.411 e. The second-order valence-electron chi connectivity index (χ2n) is 5.40. The molecule has 0 saturated carbocycles. The van der Waals surface area contributed by atoms with E-state index in [1.165, 1.54) is 0 Å². The van der Waals surface area contributed by atoms with Gasteiger partial charge in [-0.2, -0.15) is 13.2 Å². The maximum Gasteiger partial charge on any atom is 0.411 e. The molecule has 1 aromatic rings. The van der Waals surface area contributed by atoms with Gasteiger partial charge in [0.15, 0.2) is 0 Å². The molecule has 0 heterocycles. The number of alkyl halides is 3. The van der Waals surface area contributed by atoms with E-state index in [4.69, 9.17) is 0 Å². The van der Waals surface area contributed by atoms with Gasteiger partial charge in [0.1, 0.15) is 6.61 Å². The van der Waals surface area contributed by atoms with Crippen LogP contribution in [0.25, 0.3) is 0 Å². The molecule has 7 heteroatoms. The van der Waals surface area contributed by atoms with Gasteiger partial charge in [0.25, 0.3) is 5.91 Å². The van der Waals surface area contributed by atoms with E-state index in [0.29, 0.717) is 5.56 Å². The molecule has 0 saturated heterocycles. The summed E-state index contributed by atoms with van der Waals surface area (Å²) in [4.78, 5) is 14.2. The minimum atomic E-state index is -4.34. The summed E-state index contributed by atoms with van der Waals surface area (Å²) in [5.74, 6) is -0.325. The molecular weight excluding hydrogens is 321 g/mol. The van der Waals surface area contributed by atoms with Crippen LogP contribution in [0.4, 0.5) is 18.9 Å². The molecule has 0 bridgehead atoms. The molecule has 1 N–H and O–H groups in total. The van der Waals surface area contributed by atoms with Crippen LogP contribution in [0.15, 0.2) is 24.3 Å². The minimum Gasteiger partial charge on any atom is -0.372 e. The molecule has 136 valence electrons. The van der Waals surface area contributed by atoms with Crippen molar-refractivity contribution >= 4 is 11.6 Å². The van der Waals surface area contributed by atoms with Crippen LogP contribution in [0, 0.1) is 0 Å². The highest BCUT2D eigenvalue weighted by molar-refractivity contribution is 5.94. The van der Waals surface area contributed by atoms with Gasteiger partial charge in [-0.15, -0.1) is 0 Å². The molecule has 0 aliphatic heterocycles. The van der Waals surface area contributed by atoms with Crippen LogP contribution in [0.1, 0.15) is 37.0 Å². The van der Waals surface area contributed by atoms with Crippen molar-refractivity contribution in [1.29, 1.82) is 0 Å². The Bertz CT molecular complexity index is 490. The Labute approximate surface area is 141 Å². The Balaban J connectivity index is 2.43. The van der Waals surface area contributed by atoms with Gasteiger partial charge in [0, 0.05) is 30.9 Å². The number of benzene rings is 1. The predicted octanol–water partition coefficient (Wildman–Crippen LogP) is 3.62. The molecule has 4 nitrogen and oxygen atoms in total. The van der Waals surface area contributed by atoms with E-state index >= 15 is 0 Å². The molecule has 0 spiro atoms. The lowest BCUT2D eigenvalue weighted by atomic mass is 10.1. The third-order valence-electron chi connectivity index (χ3n) is 3.46. The van der Waals surface area contributed by atoms with E-state index < -0.39 is 12.8 Å². The van der Waals surface area contributed by atoms with E-state index in [0.717, 1.165) is 31.6 Å². The molecule has 1 amide bonds. The summed E-state index contributed by atoms with van der Waals surface area (Å²) in [5.41, 5.74) is 1.53. The molecule has 24 heavy (non-hydrogen) atoms. The molecule has 0 aliphatic rings. The summed E-state index contributed by atoms with van der Waals surface area (Å²) in [6.07, 6.45) is -2.12. The van der Waals surface area contributed by atoms with Gasteiger partial charge < -0.3 is 15.0 Å². The van der Waals surface area contributed by atoms with E-state index in [1.807, 2.05) is 12.1 Å². The molecule has 0 aliphatic carbocycles. The molecule has 0 radical (unpaired) electrons. The van der Waals surface area contributed by atoms with Crippen LogP contribution in [-0.2, 0) is 4.74 Å². The lowest BCUT2D eigenvalue weighted by molar-refractivity contribution is -0.173. The van der Waals surface area contributed by atoms with Crippen LogP contribution in [0.5, 0.6) is 0 Å². The van der Waals surface area contributed by atoms with Crippen molar-refractivity contribution in [1.82, 2.24) is 5.32 Å². The Morgan fingerprint density at radius 3 is 2.42 bits per heavy atom. The fourth-order valence-corrected chi connectivity index (χ4v) is 2.17. The Morgan fingerprint density at radius 1 is 1.21 bits per heavy atom. The zero-order chi connectivity index (χ0) is 18.0. The standard InChI is InChI=1S/C17H25F3N2O2/c1-3-5-11-22(4-2)15-8-6-14(7-9-15)16(23)21-10-12-24-13-17(18,19)20/h6-9H,3-5,10-13H2,1-2H3,(H,21,23). The average Bonchev–Trinajstić information content (AvgIpc) is 2.54. The van der Waals surface area contributed by atoms with Crippen LogP contribution in [0.2, 0.25) is 0 Å². The van der Waals surface area contributed by atoms with Crippen molar-refractivity contribution in [3.63, 3.8) is 0 Å². The third-order valence-corrected chi connectivity index (χ3v) is 3.46. The Morgan fingerprint density at radius 2 is 1.88 bits per heavy atom. The maximum atomic E-state index is 11.9. The average molecular weight is 346 g/mol. The maximum absolute atomic E-state index is 11.9. The van der Waals surface area contributed by atoms with Gasteiger partial charge in [-0.25, -0.2) is 0 Å². The summed E-state index contributed by atoms with van der Waals surface area (Å²) in [7, 11) is 0. The molecule has 0 fully saturated rings. The van der Waals surface area contributed by atoms with Crippen LogP contribution >= 0.6 is 0 Å². The van der Waals surface area contributed by atoms with Crippen molar-refractivity contribution in [2.45, 2.75) is 32.9 Å². The van der Waals surface area contributed by atoms with Gasteiger partial charge in [-0.3, -0.25) is 4.79 Å². The van der Waals surface area contributed by atoms with Gasteiger partial charge in [-0.05, 0) is 37.6 Å². The van der Waals surface area contributed by atoms with Crippen molar-refractivity contribution in [2.75, 3.05) is 37.7 Å². The second-order valence-corrected chi connectivity index (χ2v) is 5.40. The van der Waals surface area contributed by atoms with E-state index in [1.54, 1.807) is 12.1 Å². The third kappa shape index (κ3) is 7.68. The normalized spacial score (nSPS) is 11.4. The van der Waals surface area contributed by atoms with Crippen molar-refractivity contribution in [3.8, 4) is 0 Å². The summed E-state index contributed by atoms with van der Waals surface area (Å²) >= 11 is 0. The smallest absolute Gasteiger partial charge is 0.372 e. The topological polar surface area (TPSA) is 41.6 Å². The Kier molecular flexibility index (Phi) is 8.60. The number of nitrogens with one attached hydrogen (secondary N) is 1. The highest BCUT2D eigenvalue weighted by Crippen LogP contribution is 2.16. The van der Waals surface area contributed by atoms with Crippen LogP contribution in [-0.4, -0.2) is 44.9 Å². The first kappa shape index (κ1) is 20.3. The zero-order valence-corrected chi connectivity index (χ0v) is 14.2. The number of carbonyl (C=O) groups excluding carboxylic acids is 1. The molecular formula is C17H25F3N2O2. The first-order valence-electron chi connectivity index (χ1n) is 8.15. The van der Waals surface area contributed by atoms with Gasteiger partial charge in [-0.1, -0.05) is 13.3 Å². The zero-order valence-electron chi connectivity index (χ0n) is 14.2. The van der Waals surface area contributed by atoms with Crippen molar-refractivity contribution in [2.24, 2.45) is 0 Å². The molecule has 1 aromatic carbocycles. The number of rotatable bonds is 10. The molecule has 0 aromatic heterocycles. The number of unbranched alkanes of at least 4 members (excludes halogenated alkanes) is 1. The predicted molar refractivity (Wildman–Crippen MR) is 88.4 cm³/mol. The summed E-state index contributed by atoms with van der Waals surface area (Å²) in [5, 5.41) is 2.54. The first-order chi connectivity index (χ1) is 11.4. The SMILES string of the molecule is CCCCN(CC)c1ccc(C(=O)NCCOCC(F)(F)F)cc1. The van der Waals surface area contributed by atoms with Gasteiger partial charge >= 0.3 is 6.18 Å². The highest BCUT2D eigenvalue weighted by atomic mass is 19.4. The van der Waals surface area contributed by atoms with E-state index in [9.17, 15) is 18.0 Å². The number of hydrogen-bond donors (Lipinski definition) is 1. The fourth-order valence-electron chi connectivity index (χ4n) is 2.17. The Hall–Kier alpha value is -1.76. The van der Waals surface area contributed by atoms with E-state index in [-0.39, 0.29) is 19.1 Å². The number of ether oxygens (including phenoxy) is 1. The minimum absolute atomic E-state index is 0.0360. The lowest BCUT2D eigenvalue weighted by Gasteiger charge is -2.23. The number of anilines is 1. The molecule has 1 rings (SSSR count). The van der Waals surface area contributed by atoms with Crippen molar-refractivity contribution < 1.29 is 22.7 Å². The quantitative estimate of drug-likeness (QED) is 0.658. The lowest BCUT2D eigenvalue weighted by Crippen LogP contribution is -2.29. The number of hydrogen-bond acceptors (Lipinski definition) is 3. The number of halogens is 3. The number of carbonyl (C=O) groups is 1. The van der Waals surface area contributed by atoms with Gasteiger partial charge in [0.2, 0.25) is 0 Å². The molecule has 0 atom stereocenters. The van der Waals surface area contributed by atoms with E-state index in [2.05, 4.69) is 28.8 Å². The second kappa shape index (κ2) is 10.2. The highest BCUT2D eigenvalue weighted by Gasteiger charge is 2.27. The number of nitrogens with zero attached hydrogens (tertiary/aromatic N) is 1. The molecule has 0 unspecified atom stereocenters. The van der Waals surface area contributed by atoms with Crippen molar-refractivity contribution in [3.05, 3.63) is 29.8 Å². The summed E-state index contributed by atoms with van der Waals surface area (Å²) in [6.45, 7) is 4.63. The van der Waals surface area contributed by atoms with Gasteiger partial charge in [0.05, 0.1) is 6.61 Å². The summed E-state index contributed by atoms with van der Waals surface area (Å²) in [6, 6.07) is 7.20. The number of amides is 1. The van der Waals surface area contributed by atoms with Crippen LogP contribution in [0.3, 0.4) is 0 Å². The van der Waals surface area contributed by atoms with Crippen LogP contribution < -0.4 is 10.2 Å². The monoisotopic (exact) mass is 346 g/mol. The first-order valence-corrected chi connectivity index (χ1v) is 8.15. The summed E-state index contributed by atoms with van der Waals surface area (Å²) < 4.78 is 40.1.